The first-order valence-corrected chi connectivity index (χ1v) is 9.17. The molecular weight excluding hydrogens is 414 g/mol. The highest BCUT2D eigenvalue weighted by Crippen LogP contribution is 2.30. The maximum absolute atomic E-state index is 13.0. The van der Waals surface area contributed by atoms with Crippen molar-refractivity contribution in [3.05, 3.63) is 69.8 Å². The minimum absolute atomic E-state index is 0.194. The zero-order valence-corrected chi connectivity index (χ0v) is 16.7. The number of carbonyl (C=O) groups excluding carboxylic acids is 1. The number of carbonyl (C=O) groups is 1. The van der Waals surface area contributed by atoms with Crippen molar-refractivity contribution < 1.29 is 9.53 Å². The van der Waals surface area contributed by atoms with Gasteiger partial charge in [-0.15, -0.1) is 0 Å². The monoisotopic (exact) mass is 431 g/mol. The first-order valence-electron chi connectivity index (χ1n) is 7.97. The highest BCUT2D eigenvalue weighted by atomic mass is 79.9. The predicted octanol–water partition coefficient (Wildman–Crippen LogP) is 3.89. The van der Waals surface area contributed by atoms with Gasteiger partial charge >= 0.3 is 0 Å². The standard InChI is InChI=1S/C19H18BrN3O2S/c1-11-16(18(24)22-14-8-6-13(20)7-9-14)17(23-19(26)21-11)12-4-3-5-15(10-12)25-2/h3-10,17H,1-2H3,(H,22,24)(H2,21,23,26). The maximum Gasteiger partial charge on any atom is 0.255 e. The smallest absolute Gasteiger partial charge is 0.255 e. The minimum atomic E-state index is -0.366. The van der Waals surface area contributed by atoms with Crippen molar-refractivity contribution in [3.63, 3.8) is 0 Å². The number of anilines is 1. The topological polar surface area (TPSA) is 62.4 Å². The quantitative estimate of drug-likeness (QED) is 0.640. The zero-order chi connectivity index (χ0) is 18.7. The molecule has 1 aliphatic rings. The average Bonchev–Trinajstić information content (AvgIpc) is 2.63. The van der Waals surface area contributed by atoms with E-state index in [1.54, 1.807) is 7.11 Å². The molecule has 0 saturated carbocycles. The van der Waals surface area contributed by atoms with Gasteiger partial charge in [-0.25, -0.2) is 0 Å². The van der Waals surface area contributed by atoms with E-state index >= 15 is 0 Å². The summed E-state index contributed by atoms with van der Waals surface area (Å²) >= 11 is 8.67. The number of rotatable bonds is 4. The predicted molar refractivity (Wildman–Crippen MR) is 110 cm³/mol. The van der Waals surface area contributed by atoms with E-state index in [1.165, 1.54) is 0 Å². The Balaban J connectivity index is 1.94. The van der Waals surface area contributed by atoms with Crippen molar-refractivity contribution in [3.8, 4) is 5.75 Å². The van der Waals surface area contributed by atoms with Gasteiger partial charge in [0.1, 0.15) is 5.75 Å². The number of thiocarbonyl (C=S) groups is 1. The summed E-state index contributed by atoms with van der Waals surface area (Å²) in [6.07, 6.45) is 0. The van der Waals surface area contributed by atoms with Gasteiger partial charge < -0.3 is 20.7 Å². The van der Waals surface area contributed by atoms with Crippen LogP contribution in [0.4, 0.5) is 5.69 Å². The van der Waals surface area contributed by atoms with E-state index in [1.807, 2.05) is 55.5 Å². The Hall–Kier alpha value is -2.38. The third-order valence-electron chi connectivity index (χ3n) is 4.04. The summed E-state index contributed by atoms with van der Waals surface area (Å²) in [5.41, 5.74) is 2.91. The third kappa shape index (κ3) is 4.05. The lowest BCUT2D eigenvalue weighted by atomic mass is 9.94. The van der Waals surface area contributed by atoms with E-state index in [9.17, 15) is 4.79 Å². The van der Waals surface area contributed by atoms with Crippen molar-refractivity contribution in [2.45, 2.75) is 13.0 Å². The summed E-state index contributed by atoms with van der Waals surface area (Å²) in [7, 11) is 1.61. The molecule has 0 spiro atoms. The number of methoxy groups -OCH3 is 1. The lowest BCUT2D eigenvalue weighted by molar-refractivity contribution is -0.113. The van der Waals surface area contributed by atoms with Crippen LogP contribution in [0.5, 0.6) is 5.75 Å². The van der Waals surface area contributed by atoms with Crippen LogP contribution in [-0.4, -0.2) is 18.1 Å². The van der Waals surface area contributed by atoms with Crippen molar-refractivity contribution in [1.29, 1.82) is 0 Å². The molecule has 1 atom stereocenters. The molecule has 0 radical (unpaired) electrons. The van der Waals surface area contributed by atoms with Gasteiger partial charge in [0.2, 0.25) is 0 Å². The molecule has 0 fully saturated rings. The summed E-state index contributed by atoms with van der Waals surface area (Å²) in [5, 5.41) is 9.63. The number of halogens is 1. The van der Waals surface area contributed by atoms with Crippen LogP contribution in [0.1, 0.15) is 18.5 Å². The fourth-order valence-corrected chi connectivity index (χ4v) is 3.33. The number of hydrogen-bond acceptors (Lipinski definition) is 3. The molecule has 2 aromatic carbocycles. The Bertz CT molecular complexity index is 881. The molecule has 1 aliphatic heterocycles. The number of hydrogen-bond donors (Lipinski definition) is 3. The van der Waals surface area contributed by atoms with Crippen LogP contribution in [0.2, 0.25) is 0 Å². The molecule has 0 aromatic heterocycles. The van der Waals surface area contributed by atoms with Gasteiger partial charge in [0.05, 0.1) is 18.7 Å². The molecule has 26 heavy (non-hydrogen) atoms. The number of allylic oxidation sites excluding steroid dienone is 1. The lowest BCUT2D eigenvalue weighted by Gasteiger charge is -2.30. The fourth-order valence-electron chi connectivity index (χ4n) is 2.80. The van der Waals surface area contributed by atoms with Gasteiger partial charge in [-0.3, -0.25) is 4.79 Å². The summed E-state index contributed by atoms with van der Waals surface area (Å²) in [5.74, 6) is 0.527. The number of amides is 1. The molecule has 5 nitrogen and oxygen atoms in total. The van der Waals surface area contributed by atoms with E-state index in [2.05, 4.69) is 31.9 Å². The molecule has 0 aliphatic carbocycles. The van der Waals surface area contributed by atoms with Gasteiger partial charge in [-0.1, -0.05) is 28.1 Å². The molecule has 0 saturated heterocycles. The van der Waals surface area contributed by atoms with Crippen molar-refractivity contribution in [2.75, 3.05) is 12.4 Å². The molecular formula is C19H18BrN3O2S. The third-order valence-corrected chi connectivity index (χ3v) is 4.79. The van der Waals surface area contributed by atoms with E-state index in [-0.39, 0.29) is 11.9 Å². The van der Waals surface area contributed by atoms with Gasteiger partial charge in [0.15, 0.2) is 5.11 Å². The Morgan fingerprint density at radius 2 is 1.96 bits per heavy atom. The Morgan fingerprint density at radius 1 is 1.23 bits per heavy atom. The number of ether oxygens (including phenoxy) is 1. The maximum atomic E-state index is 13.0. The average molecular weight is 432 g/mol. The van der Waals surface area contributed by atoms with Gasteiger partial charge in [-0.2, -0.15) is 0 Å². The molecule has 0 bridgehead atoms. The van der Waals surface area contributed by atoms with Crippen LogP contribution in [0, 0.1) is 0 Å². The van der Waals surface area contributed by atoms with Crippen LogP contribution in [0.25, 0.3) is 0 Å². The molecule has 1 amide bonds. The second-order valence-corrected chi connectivity index (χ2v) is 7.13. The summed E-state index contributed by atoms with van der Waals surface area (Å²) < 4.78 is 6.26. The largest absolute Gasteiger partial charge is 0.497 e. The molecule has 7 heteroatoms. The SMILES string of the molecule is COc1cccc(C2NC(=S)NC(C)=C2C(=O)Nc2ccc(Br)cc2)c1. The molecule has 2 aromatic rings. The van der Waals surface area contributed by atoms with Crippen LogP contribution < -0.4 is 20.7 Å². The minimum Gasteiger partial charge on any atom is -0.497 e. The second kappa shape index (κ2) is 7.88. The van der Waals surface area contributed by atoms with Gasteiger partial charge in [-0.05, 0) is 61.1 Å². The van der Waals surface area contributed by atoms with E-state index in [0.29, 0.717) is 10.7 Å². The first-order chi connectivity index (χ1) is 12.5. The van der Waals surface area contributed by atoms with Crippen molar-refractivity contribution in [1.82, 2.24) is 10.6 Å². The lowest BCUT2D eigenvalue weighted by Crippen LogP contribution is -2.45. The van der Waals surface area contributed by atoms with E-state index < -0.39 is 0 Å². The summed E-state index contributed by atoms with van der Waals surface area (Å²) in [6, 6.07) is 14.7. The molecule has 1 heterocycles. The normalized spacial score (nSPS) is 16.6. The molecule has 134 valence electrons. The molecule has 1 unspecified atom stereocenters. The van der Waals surface area contributed by atoms with E-state index in [4.69, 9.17) is 17.0 Å². The second-order valence-electron chi connectivity index (χ2n) is 5.81. The first kappa shape index (κ1) is 18.4. The molecule has 3 rings (SSSR count). The van der Waals surface area contributed by atoms with Crippen LogP contribution in [-0.2, 0) is 4.79 Å². The Kier molecular flexibility index (Phi) is 5.58. The van der Waals surface area contributed by atoms with Crippen LogP contribution >= 0.6 is 28.1 Å². The highest BCUT2D eigenvalue weighted by Gasteiger charge is 2.30. The van der Waals surface area contributed by atoms with Gasteiger partial charge in [0, 0.05) is 15.9 Å². The van der Waals surface area contributed by atoms with Crippen molar-refractivity contribution in [2.24, 2.45) is 0 Å². The fraction of sp³-hybridized carbons (Fsp3) is 0.158. The Labute approximate surface area is 165 Å². The van der Waals surface area contributed by atoms with Crippen molar-refractivity contribution >= 4 is 44.9 Å². The van der Waals surface area contributed by atoms with E-state index in [0.717, 1.165) is 27.2 Å². The van der Waals surface area contributed by atoms with Crippen LogP contribution in [0.15, 0.2) is 64.3 Å². The number of benzene rings is 2. The van der Waals surface area contributed by atoms with Gasteiger partial charge in [0.25, 0.3) is 5.91 Å². The van der Waals surface area contributed by atoms with Crippen LogP contribution in [0.3, 0.4) is 0 Å². The summed E-state index contributed by atoms with van der Waals surface area (Å²) in [6.45, 7) is 1.84. The molecule has 3 N–H and O–H groups in total. The zero-order valence-electron chi connectivity index (χ0n) is 14.3. The Morgan fingerprint density at radius 3 is 2.65 bits per heavy atom. The summed E-state index contributed by atoms with van der Waals surface area (Å²) in [4.78, 5) is 13.0. The highest BCUT2D eigenvalue weighted by molar-refractivity contribution is 9.10. The number of nitrogens with one attached hydrogen (secondary N) is 3.